The number of hydrogen-bond donors (Lipinski definition) is 0. The molecule has 2 heteroatoms. The molecule has 0 fully saturated rings. The normalized spacial score (nSPS) is 12.2. The van der Waals surface area contributed by atoms with Crippen molar-refractivity contribution in [2.24, 2.45) is 0 Å². The fourth-order valence-electron chi connectivity index (χ4n) is 3.25. The van der Waals surface area contributed by atoms with Crippen LogP contribution in [0, 0.1) is 5.82 Å². The average Bonchev–Trinajstić information content (AvgIpc) is 2.65. The fourth-order valence-corrected chi connectivity index (χ4v) is 5.31. The summed E-state index contributed by atoms with van der Waals surface area (Å²) in [7, 11) is -0.962. The standard InChI is InChI=1S/C24H27FS/c1-4-5-19-6-10-21(11-7-19)22-12-16-24(17-13-22)26(2,3)18-20-8-14-23(25)15-9-20/h6-17H,4-5,18H2,1-3H3. The van der Waals surface area contributed by atoms with Crippen LogP contribution in [0.1, 0.15) is 24.5 Å². The van der Waals surface area contributed by atoms with Gasteiger partial charge < -0.3 is 0 Å². The fraction of sp³-hybridized carbons (Fsp3) is 0.250. The minimum Gasteiger partial charge on any atom is -0.216 e. The summed E-state index contributed by atoms with van der Waals surface area (Å²) in [4.78, 5) is 1.38. The molecule has 3 aromatic rings. The van der Waals surface area contributed by atoms with E-state index in [1.54, 1.807) is 12.1 Å². The summed E-state index contributed by atoms with van der Waals surface area (Å²) in [5.41, 5.74) is 5.12. The van der Waals surface area contributed by atoms with Gasteiger partial charge >= 0.3 is 0 Å². The van der Waals surface area contributed by atoms with Gasteiger partial charge in [0.2, 0.25) is 0 Å². The zero-order valence-electron chi connectivity index (χ0n) is 15.8. The highest BCUT2D eigenvalue weighted by molar-refractivity contribution is 8.32. The van der Waals surface area contributed by atoms with Crippen LogP contribution < -0.4 is 0 Å². The highest BCUT2D eigenvalue weighted by Crippen LogP contribution is 2.52. The first kappa shape index (κ1) is 18.7. The summed E-state index contributed by atoms with van der Waals surface area (Å²) in [6.45, 7) is 2.21. The lowest BCUT2D eigenvalue weighted by Gasteiger charge is -2.32. The van der Waals surface area contributed by atoms with Gasteiger partial charge in [0.1, 0.15) is 5.82 Å². The summed E-state index contributed by atoms with van der Waals surface area (Å²) >= 11 is 0. The van der Waals surface area contributed by atoms with Gasteiger partial charge in [0.05, 0.1) is 0 Å². The summed E-state index contributed by atoms with van der Waals surface area (Å²) in [6, 6.07) is 24.8. The van der Waals surface area contributed by atoms with Crippen LogP contribution in [0.4, 0.5) is 4.39 Å². The molecule has 0 nitrogen and oxygen atoms in total. The number of rotatable bonds is 6. The Hall–Kier alpha value is -2.06. The van der Waals surface area contributed by atoms with Gasteiger partial charge in [-0.25, -0.2) is 14.4 Å². The highest BCUT2D eigenvalue weighted by Gasteiger charge is 2.16. The third-order valence-electron chi connectivity index (χ3n) is 4.76. The largest absolute Gasteiger partial charge is 0.216 e. The molecule has 3 aromatic carbocycles. The molecular weight excluding hydrogens is 339 g/mol. The molecule has 3 rings (SSSR count). The van der Waals surface area contributed by atoms with Gasteiger partial charge in [-0.05, 0) is 70.3 Å². The van der Waals surface area contributed by atoms with Gasteiger partial charge in [-0.2, -0.15) is 0 Å². The van der Waals surface area contributed by atoms with Crippen LogP contribution in [-0.4, -0.2) is 12.5 Å². The van der Waals surface area contributed by atoms with Crippen LogP contribution in [0.5, 0.6) is 0 Å². The molecule has 0 aliphatic rings. The first-order chi connectivity index (χ1) is 12.5. The molecule has 0 aromatic heterocycles. The van der Waals surface area contributed by atoms with Crippen LogP contribution in [0.2, 0.25) is 0 Å². The van der Waals surface area contributed by atoms with Crippen molar-refractivity contribution in [2.45, 2.75) is 30.4 Å². The van der Waals surface area contributed by atoms with Gasteiger partial charge in [-0.15, -0.1) is 0 Å². The molecule has 0 aliphatic carbocycles. The van der Waals surface area contributed by atoms with Crippen LogP contribution >= 0.6 is 10.0 Å². The van der Waals surface area contributed by atoms with E-state index < -0.39 is 10.0 Å². The molecule has 0 radical (unpaired) electrons. The second-order valence-electron chi connectivity index (χ2n) is 7.28. The summed E-state index contributed by atoms with van der Waals surface area (Å²) in [6.07, 6.45) is 6.97. The Morgan fingerprint density at radius 3 is 1.73 bits per heavy atom. The first-order valence-corrected chi connectivity index (χ1v) is 11.7. The number of hydrogen-bond acceptors (Lipinski definition) is 0. The molecule has 0 spiro atoms. The van der Waals surface area contributed by atoms with E-state index >= 15 is 0 Å². The van der Waals surface area contributed by atoms with Crippen molar-refractivity contribution >= 4 is 10.0 Å². The van der Waals surface area contributed by atoms with E-state index in [9.17, 15) is 4.39 Å². The molecule has 0 atom stereocenters. The minimum absolute atomic E-state index is 0.170. The van der Waals surface area contributed by atoms with Crippen molar-refractivity contribution < 1.29 is 4.39 Å². The molecule has 0 heterocycles. The quantitative estimate of drug-likeness (QED) is 0.438. The smallest absolute Gasteiger partial charge is 0.123 e. The predicted molar refractivity (Wildman–Crippen MR) is 114 cm³/mol. The summed E-state index contributed by atoms with van der Waals surface area (Å²) in [5.74, 6) is 0.800. The van der Waals surface area contributed by atoms with Gasteiger partial charge in [-0.1, -0.05) is 61.9 Å². The lowest BCUT2D eigenvalue weighted by molar-refractivity contribution is 0.627. The van der Waals surface area contributed by atoms with E-state index in [1.165, 1.54) is 33.6 Å². The highest BCUT2D eigenvalue weighted by atomic mass is 32.3. The lowest BCUT2D eigenvalue weighted by atomic mass is 10.0. The monoisotopic (exact) mass is 366 g/mol. The third kappa shape index (κ3) is 4.56. The molecule has 0 bridgehead atoms. The van der Waals surface area contributed by atoms with Gasteiger partial charge in [0, 0.05) is 5.75 Å². The van der Waals surface area contributed by atoms with Crippen molar-refractivity contribution in [3.63, 3.8) is 0 Å². The molecule has 0 saturated heterocycles. The maximum atomic E-state index is 13.1. The number of benzene rings is 3. The number of halogens is 1. The van der Waals surface area contributed by atoms with Crippen LogP contribution in [0.15, 0.2) is 77.7 Å². The molecule has 0 saturated carbocycles. The second kappa shape index (κ2) is 8.09. The Balaban J connectivity index is 1.76. The first-order valence-electron chi connectivity index (χ1n) is 9.13. The summed E-state index contributed by atoms with van der Waals surface area (Å²) in [5, 5.41) is 0. The van der Waals surface area contributed by atoms with E-state index in [4.69, 9.17) is 0 Å². The van der Waals surface area contributed by atoms with Crippen molar-refractivity contribution in [3.05, 3.63) is 89.7 Å². The Bertz CT molecular complexity index is 831. The van der Waals surface area contributed by atoms with Crippen molar-refractivity contribution in [1.82, 2.24) is 0 Å². The zero-order valence-corrected chi connectivity index (χ0v) is 16.7. The molecule has 0 aliphatic heterocycles. The Morgan fingerprint density at radius 2 is 1.19 bits per heavy atom. The van der Waals surface area contributed by atoms with Crippen LogP contribution in [-0.2, 0) is 12.2 Å². The Morgan fingerprint density at radius 1 is 0.692 bits per heavy atom. The second-order valence-corrected chi connectivity index (χ2v) is 11.1. The van der Waals surface area contributed by atoms with E-state index in [-0.39, 0.29) is 5.82 Å². The predicted octanol–water partition coefficient (Wildman–Crippen LogP) is 7.07. The topological polar surface area (TPSA) is 0 Å². The number of aryl methyl sites for hydroxylation is 1. The molecule has 136 valence electrons. The molecule has 0 unspecified atom stereocenters. The Kier molecular flexibility index (Phi) is 5.83. The molecule has 0 amide bonds. The van der Waals surface area contributed by atoms with Crippen molar-refractivity contribution in [2.75, 3.05) is 12.5 Å². The molecular formula is C24H27FS. The SMILES string of the molecule is CCCc1ccc(-c2ccc(S(C)(C)Cc3ccc(F)cc3)cc2)cc1. The maximum Gasteiger partial charge on any atom is 0.123 e. The van der Waals surface area contributed by atoms with Crippen molar-refractivity contribution in [3.8, 4) is 11.1 Å². The molecule has 26 heavy (non-hydrogen) atoms. The summed E-state index contributed by atoms with van der Waals surface area (Å²) < 4.78 is 13.1. The van der Waals surface area contributed by atoms with Gasteiger partial charge in [0.25, 0.3) is 0 Å². The van der Waals surface area contributed by atoms with E-state index in [1.807, 2.05) is 12.1 Å². The lowest BCUT2D eigenvalue weighted by Crippen LogP contribution is -2.00. The Labute approximate surface area is 158 Å². The zero-order chi connectivity index (χ0) is 18.6. The average molecular weight is 367 g/mol. The van der Waals surface area contributed by atoms with E-state index in [2.05, 4.69) is 68.0 Å². The van der Waals surface area contributed by atoms with Crippen molar-refractivity contribution in [1.29, 1.82) is 0 Å². The minimum atomic E-state index is -0.962. The van der Waals surface area contributed by atoms with E-state index in [0.29, 0.717) is 0 Å². The van der Waals surface area contributed by atoms with Gasteiger partial charge in [-0.3, -0.25) is 0 Å². The molecule has 0 N–H and O–H groups in total. The third-order valence-corrected chi connectivity index (χ3v) is 7.36. The van der Waals surface area contributed by atoms with E-state index in [0.717, 1.165) is 12.2 Å². The maximum absolute atomic E-state index is 13.1. The van der Waals surface area contributed by atoms with Gasteiger partial charge in [0.15, 0.2) is 0 Å². The van der Waals surface area contributed by atoms with Crippen LogP contribution in [0.25, 0.3) is 11.1 Å². The van der Waals surface area contributed by atoms with Crippen LogP contribution in [0.3, 0.4) is 0 Å².